The molecule has 0 atom stereocenters. The number of halogens is 1. The van der Waals surface area contributed by atoms with E-state index in [2.05, 4.69) is 20.3 Å². The Bertz CT molecular complexity index is 922. The Morgan fingerprint density at radius 2 is 2.12 bits per heavy atom. The van der Waals surface area contributed by atoms with E-state index in [0.29, 0.717) is 23.2 Å². The van der Waals surface area contributed by atoms with Gasteiger partial charge in [0.25, 0.3) is 5.91 Å². The molecule has 3 aromatic heterocycles. The zero-order chi connectivity index (χ0) is 17.2. The molecule has 128 valence electrons. The predicted octanol–water partition coefficient (Wildman–Crippen LogP) is 3.59. The molecular weight excluding hydrogens is 358 g/mol. The number of fused-ring (bicyclic) bond motifs is 1. The van der Waals surface area contributed by atoms with Crippen molar-refractivity contribution in [3.05, 3.63) is 46.2 Å². The van der Waals surface area contributed by atoms with Crippen LogP contribution in [0.15, 0.2) is 29.9 Å². The van der Waals surface area contributed by atoms with Crippen LogP contribution < -0.4 is 5.32 Å². The van der Waals surface area contributed by atoms with Gasteiger partial charge in [0.1, 0.15) is 0 Å². The molecule has 25 heavy (non-hydrogen) atoms. The number of carbonyl (C=O) groups excluding carboxylic acids is 1. The van der Waals surface area contributed by atoms with Crippen LogP contribution in [0.3, 0.4) is 0 Å². The first-order chi connectivity index (χ1) is 12.2. The number of nitrogens with zero attached hydrogens (tertiary/aromatic N) is 4. The number of anilines is 1. The van der Waals surface area contributed by atoms with Crippen LogP contribution >= 0.6 is 22.9 Å². The number of aromatic nitrogens is 3. The first-order valence-corrected chi connectivity index (χ1v) is 9.34. The van der Waals surface area contributed by atoms with E-state index in [-0.39, 0.29) is 5.91 Å². The SMILES string of the molecule is O=C(c1nc(NCc2cncc(Cl)c2)nc2ccsc12)N1CCCC1. The Labute approximate surface area is 153 Å². The van der Waals surface area contributed by atoms with Gasteiger partial charge < -0.3 is 10.2 Å². The van der Waals surface area contributed by atoms with Crippen LogP contribution in [0.5, 0.6) is 0 Å². The van der Waals surface area contributed by atoms with E-state index in [4.69, 9.17) is 11.6 Å². The number of nitrogens with one attached hydrogen (secondary N) is 1. The lowest BCUT2D eigenvalue weighted by atomic mass is 10.3. The number of hydrogen-bond donors (Lipinski definition) is 1. The molecule has 0 aromatic carbocycles. The van der Waals surface area contributed by atoms with Crippen molar-refractivity contribution in [2.45, 2.75) is 19.4 Å². The van der Waals surface area contributed by atoms with Crippen molar-refractivity contribution in [1.29, 1.82) is 0 Å². The summed E-state index contributed by atoms with van der Waals surface area (Å²) in [7, 11) is 0. The highest BCUT2D eigenvalue weighted by molar-refractivity contribution is 7.17. The molecule has 0 unspecified atom stereocenters. The predicted molar refractivity (Wildman–Crippen MR) is 99.1 cm³/mol. The third-order valence-corrected chi connectivity index (χ3v) is 5.23. The van der Waals surface area contributed by atoms with Crippen molar-refractivity contribution < 1.29 is 4.79 Å². The van der Waals surface area contributed by atoms with Crippen LogP contribution in [-0.4, -0.2) is 38.8 Å². The quantitative estimate of drug-likeness (QED) is 0.756. The Balaban J connectivity index is 1.62. The molecule has 1 aliphatic rings. The molecular formula is C17H16ClN5OS. The number of likely N-dealkylation sites (tertiary alicyclic amines) is 1. The van der Waals surface area contributed by atoms with E-state index in [1.807, 2.05) is 22.4 Å². The molecule has 0 bridgehead atoms. The summed E-state index contributed by atoms with van der Waals surface area (Å²) in [5.41, 5.74) is 2.19. The summed E-state index contributed by atoms with van der Waals surface area (Å²) in [6.45, 7) is 2.08. The number of amides is 1. The van der Waals surface area contributed by atoms with Crippen LogP contribution in [0.1, 0.15) is 28.9 Å². The van der Waals surface area contributed by atoms with Gasteiger partial charge >= 0.3 is 0 Å². The smallest absolute Gasteiger partial charge is 0.274 e. The lowest BCUT2D eigenvalue weighted by molar-refractivity contribution is 0.0789. The Morgan fingerprint density at radius 3 is 2.92 bits per heavy atom. The van der Waals surface area contributed by atoms with Gasteiger partial charge in [-0.2, -0.15) is 0 Å². The molecule has 4 rings (SSSR count). The summed E-state index contributed by atoms with van der Waals surface area (Å²) in [6, 6.07) is 3.75. The van der Waals surface area contributed by atoms with Crippen molar-refractivity contribution in [1.82, 2.24) is 19.9 Å². The van der Waals surface area contributed by atoms with Crippen LogP contribution in [0.25, 0.3) is 10.2 Å². The van der Waals surface area contributed by atoms with Gasteiger partial charge in [-0.15, -0.1) is 11.3 Å². The van der Waals surface area contributed by atoms with Gasteiger partial charge in [0, 0.05) is 32.0 Å². The summed E-state index contributed by atoms with van der Waals surface area (Å²) in [4.78, 5) is 27.8. The van der Waals surface area contributed by atoms with Crippen LogP contribution in [0, 0.1) is 0 Å². The lowest BCUT2D eigenvalue weighted by Crippen LogP contribution is -2.28. The molecule has 1 saturated heterocycles. The highest BCUT2D eigenvalue weighted by Crippen LogP contribution is 2.26. The monoisotopic (exact) mass is 373 g/mol. The van der Waals surface area contributed by atoms with E-state index in [1.54, 1.807) is 12.4 Å². The van der Waals surface area contributed by atoms with Gasteiger partial charge in [0.15, 0.2) is 5.69 Å². The van der Waals surface area contributed by atoms with Crippen molar-refractivity contribution in [3.63, 3.8) is 0 Å². The first kappa shape index (κ1) is 16.2. The molecule has 4 heterocycles. The minimum Gasteiger partial charge on any atom is -0.350 e. The minimum atomic E-state index is -0.0141. The fraction of sp³-hybridized carbons (Fsp3) is 0.294. The minimum absolute atomic E-state index is 0.0141. The molecule has 0 aliphatic carbocycles. The Morgan fingerprint density at radius 1 is 1.28 bits per heavy atom. The first-order valence-electron chi connectivity index (χ1n) is 8.08. The number of pyridine rings is 1. The molecule has 0 spiro atoms. The molecule has 6 nitrogen and oxygen atoms in total. The lowest BCUT2D eigenvalue weighted by Gasteiger charge is -2.15. The van der Waals surface area contributed by atoms with E-state index in [1.165, 1.54) is 11.3 Å². The number of rotatable bonds is 4. The van der Waals surface area contributed by atoms with Gasteiger partial charge in [0.05, 0.1) is 15.2 Å². The van der Waals surface area contributed by atoms with Crippen LogP contribution in [0.4, 0.5) is 5.95 Å². The molecule has 8 heteroatoms. The zero-order valence-electron chi connectivity index (χ0n) is 13.4. The summed E-state index contributed by atoms with van der Waals surface area (Å²) in [5.74, 6) is 0.424. The van der Waals surface area contributed by atoms with Crippen LogP contribution in [-0.2, 0) is 6.54 Å². The fourth-order valence-corrected chi connectivity index (χ4v) is 3.90. The van der Waals surface area contributed by atoms with Crippen molar-refractivity contribution in [2.24, 2.45) is 0 Å². The normalized spacial score (nSPS) is 14.2. The standard InChI is InChI=1S/C17H16ClN5OS/c18-12-7-11(8-19-10-12)9-20-17-21-13-3-6-25-15(13)14(22-17)16(24)23-4-1-2-5-23/h3,6-8,10H,1-2,4-5,9H2,(H,20,21,22). The fourth-order valence-electron chi connectivity index (χ4n) is 2.89. The van der Waals surface area contributed by atoms with Crippen molar-refractivity contribution in [3.8, 4) is 0 Å². The maximum Gasteiger partial charge on any atom is 0.274 e. The zero-order valence-corrected chi connectivity index (χ0v) is 15.0. The molecule has 1 N–H and O–H groups in total. The summed E-state index contributed by atoms with van der Waals surface area (Å²) in [6.07, 6.45) is 5.43. The Kier molecular flexibility index (Phi) is 4.50. The average Bonchev–Trinajstić information content (AvgIpc) is 3.30. The van der Waals surface area contributed by atoms with Gasteiger partial charge in [-0.3, -0.25) is 9.78 Å². The van der Waals surface area contributed by atoms with E-state index in [0.717, 1.165) is 41.7 Å². The molecule has 0 saturated carbocycles. The second-order valence-corrected chi connectivity index (χ2v) is 7.25. The maximum atomic E-state index is 12.8. The van der Waals surface area contributed by atoms with Gasteiger partial charge in [-0.05, 0) is 35.9 Å². The highest BCUT2D eigenvalue weighted by atomic mass is 35.5. The largest absolute Gasteiger partial charge is 0.350 e. The molecule has 3 aromatic rings. The third kappa shape index (κ3) is 3.43. The number of thiophene rings is 1. The van der Waals surface area contributed by atoms with E-state index in [9.17, 15) is 4.79 Å². The molecule has 1 amide bonds. The third-order valence-electron chi connectivity index (χ3n) is 4.11. The van der Waals surface area contributed by atoms with Crippen molar-refractivity contribution >= 4 is 45.0 Å². The Hall–Kier alpha value is -2.25. The maximum absolute atomic E-state index is 12.8. The second-order valence-electron chi connectivity index (χ2n) is 5.90. The molecule has 1 aliphatic heterocycles. The van der Waals surface area contributed by atoms with Gasteiger partial charge in [-0.1, -0.05) is 11.6 Å². The summed E-state index contributed by atoms with van der Waals surface area (Å²) < 4.78 is 0.840. The molecule has 1 fully saturated rings. The van der Waals surface area contributed by atoms with E-state index >= 15 is 0 Å². The van der Waals surface area contributed by atoms with Gasteiger partial charge in [-0.25, -0.2) is 9.97 Å². The average molecular weight is 374 g/mol. The van der Waals surface area contributed by atoms with Crippen LogP contribution in [0.2, 0.25) is 5.02 Å². The van der Waals surface area contributed by atoms with E-state index < -0.39 is 0 Å². The van der Waals surface area contributed by atoms with Crippen molar-refractivity contribution in [2.75, 3.05) is 18.4 Å². The number of carbonyl (C=O) groups is 1. The highest BCUT2D eigenvalue weighted by Gasteiger charge is 2.24. The topological polar surface area (TPSA) is 71.0 Å². The number of hydrogen-bond acceptors (Lipinski definition) is 6. The second kappa shape index (κ2) is 6.93. The van der Waals surface area contributed by atoms with Gasteiger partial charge in [0.2, 0.25) is 5.95 Å². The molecule has 0 radical (unpaired) electrons. The summed E-state index contributed by atoms with van der Waals surface area (Å²) in [5, 5.41) is 5.69. The summed E-state index contributed by atoms with van der Waals surface area (Å²) >= 11 is 7.46.